The number of ether oxygens (including phenoxy) is 1. The summed E-state index contributed by atoms with van der Waals surface area (Å²) in [6.45, 7) is 4.99. The van der Waals surface area contributed by atoms with Crippen LogP contribution in [0.25, 0.3) is 11.1 Å². The van der Waals surface area contributed by atoms with Crippen LogP contribution in [0.4, 0.5) is 0 Å². The predicted octanol–water partition coefficient (Wildman–Crippen LogP) is 2.89. The molecule has 0 unspecified atom stereocenters. The predicted molar refractivity (Wildman–Crippen MR) is 121 cm³/mol. The molecule has 0 bridgehead atoms. The van der Waals surface area contributed by atoms with Crippen LogP contribution < -0.4 is 4.74 Å². The fourth-order valence-corrected chi connectivity index (χ4v) is 4.27. The highest BCUT2D eigenvalue weighted by molar-refractivity contribution is 5.79. The smallest absolute Gasteiger partial charge is 0.260 e. The third-order valence-electron chi connectivity index (χ3n) is 6.12. The van der Waals surface area contributed by atoms with Crippen LogP contribution in [0.1, 0.15) is 19.3 Å². The molecule has 0 aliphatic carbocycles. The molecule has 6 nitrogen and oxygen atoms in total. The van der Waals surface area contributed by atoms with Gasteiger partial charge in [-0.3, -0.25) is 14.5 Å². The van der Waals surface area contributed by atoms with Gasteiger partial charge in [-0.2, -0.15) is 0 Å². The van der Waals surface area contributed by atoms with Crippen molar-refractivity contribution in [2.45, 2.75) is 19.3 Å². The van der Waals surface area contributed by atoms with Gasteiger partial charge in [0.1, 0.15) is 5.75 Å². The Morgan fingerprint density at radius 2 is 1.35 bits per heavy atom. The third-order valence-corrected chi connectivity index (χ3v) is 6.12. The van der Waals surface area contributed by atoms with Crippen LogP contribution >= 0.6 is 0 Å². The third kappa shape index (κ3) is 5.64. The highest BCUT2D eigenvalue weighted by atomic mass is 16.5. The summed E-state index contributed by atoms with van der Waals surface area (Å²) in [6, 6.07) is 17.8. The average Bonchev–Trinajstić information content (AvgIpc) is 2.84. The number of para-hydroxylation sites is 1. The number of amides is 2. The number of piperidine rings is 1. The van der Waals surface area contributed by atoms with Gasteiger partial charge in [0.05, 0.1) is 6.54 Å². The SMILES string of the molecule is O=C(COc1ccccc1-c1ccccc1)N1CCN(CC(=O)N2CCCCC2)CC1. The maximum Gasteiger partial charge on any atom is 0.260 e. The van der Waals surface area contributed by atoms with Gasteiger partial charge >= 0.3 is 0 Å². The van der Waals surface area contributed by atoms with Gasteiger partial charge in [0, 0.05) is 44.8 Å². The van der Waals surface area contributed by atoms with Crippen LogP contribution in [-0.2, 0) is 9.59 Å². The van der Waals surface area contributed by atoms with Crippen LogP contribution in [0.3, 0.4) is 0 Å². The van der Waals surface area contributed by atoms with Crippen molar-refractivity contribution < 1.29 is 14.3 Å². The van der Waals surface area contributed by atoms with E-state index in [2.05, 4.69) is 4.90 Å². The number of benzene rings is 2. The largest absolute Gasteiger partial charge is 0.483 e. The van der Waals surface area contributed by atoms with Crippen LogP contribution in [0.5, 0.6) is 5.75 Å². The molecule has 2 heterocycles. The lowest BCUT2D eigenvalue weighted by Crippen LogP contribution is -2.52. The monoisotopic (exact) mass is 421 g/mol. The number of piperazine rings is 1. The molecule has 0 spiro atoms. The van der Waals surface area contributed by atoms with Crippen molar-refractivity contribution in [1.29, 1.82) is 0 Å². The maximum absolute atomic E-state index is 12.7. The number of carbonyl (C=O) groups excluding carboxylic acids is 2. The van der Waals surface area contributed by atoms with E-state index in [1.807, 2.05) is 64.4 Å². The zero-order valence-electron chi connectivity index (χ0n) is 18.0. The average molecular weight is 422 g/mol. The van der Waals surface area contributed by atoms with E-state index in [0.29, 0.717) is 25.4 Å². The highest BCUT2D eigenvalue weighted by Gasteiger charge is 2.25. The molecule has 2 aromatic rings. The van der Waals surface area contributed by atoms with Gasteiger partial charge in [-0.25, -0.2) is 0 Å². The Balaban J connectivity index is 1.25. The fourth-order valence-electron chi connectivity index (χ4n) is 4.27. The molecule has 164 valence electrons. The molecule has 6 heteroatoms. The molecule has 0 aromatic heterocycles. The van der Waals surface area contributed by atoms with Crippen LogP contribution in [0.2, 0.25) is 0 Å². The van der Waals surface area contributed by atoms with E-state index in [4.69, 9.17) is 4.74 Å². The molecule has 2 amide bonds. The Morgan fingerprint density at radius 1 is 0.710 bits per heavy atom. The van der Waals surface area contributed by atoms with Gasteiger partial charge in [0.15, 0.2) is 6.61 Å². The number of hydrogen-bond acceptors (Lipinski definition) is 4. The van der Waals surface area contributed by atoms with Crippen molar-refractivity contribution in [2.75, 3.05) is 52.4 Å². The normalized spacial score (nSPS) is 17.4. The summed E-state index contributed by atoms with van der Waals surface area (Å²) in [6.07, 6.45) is 3.45. The second-order valence-corrected chi connectivity index (χ2v) is 8.25. The second kappa shape index (κ2) is 10.4. The first kappa shape index (κ1) is 21.4. The molecule has 2 aliphatic rings. The molecule has 2 fully saturated rings. The van der Waals surface area contributed by atoms with E-state index in [1.54, 1.807) is 0 Å². The van der Waals surface area contributed by atoms with E-state index < -0.39 is 0 Å². The molecule has 0 atom stereocenters. The van der Waals surface area contributed by atoms with Crippen LogP contribution in [-0.4, -0.2) is 78.9 Å². The molecule has 0 saturated carbocycles. The molecule has 0 N–H and O–H groups in total. The summed E-state index contributed by atoms with van der Waals surface area (Å²) in [5.74, 6) is 0.929. The number of carbonyl (C=O) groups is 2. The minimum absolute atomic E-state index is 0.00938. The fraction of sp³-hybridized carbons (Fsp3) is 0.440. The van der Waals surface area contributed by atoms with E-state index in [-0.39, 0.29) is 18.4 Å². The van der Waals surface area contributed by atoms with Gasteiger partial charge in [0.2, 0.25) is 5.91 Å². The first-order valence-electron chi connectivity index (χ1n) is 11.3. The number of rotatable bonds is 6. The summed E-state index contributed by atoms with van der Waals surface area (Å²) >= 11 is 0. The van der Waals surface area contributed by atoms with Gasteiger partial charge in [0.25, 0.3) is 5.91 Å². The zero-order valence-corrected chi connectivity index (χ0v) is 18.0. The van der Waals surface area contributed by atoms with Crippen LogP contribution in [0, 0.1) is 0 Å². The minimum Gasteiger partial charge on any atom is -0.483 e. The molecule has 4 rings (SSSR count). The molecular weight excluding hydrogens is 390 g/mol. The lowest BCUT2D eigenvalue weighted by molar-refractivity contribution is -0.136. The van der Waals surface area contributed by atoms with Crippen molar-refractivity contribution in [3.05, 3.63) is 54.6 Å². The standard InChI is InChI=1S/C25H31N3O3/c29-24(27-13-7-2-8-14-27)19-26-15-17-28(18-16-26)25(30)20-31-23-12-6-5-11-22(23)21-9-3-1-4-10-21/h1,3-6,9-12H,2,7-8,13-20H2. The molecule has 2 saturated heterocycles. The summed E-state index contributed by atoms with van der Waals surface area (Å²) in [7, 11) is 0. The van der Waals surface area contributed by atoms with E-state index >= 15 is 0 Å². The van der Waals surface area contributed by atoms with E-state index in [9.17, 15) is 9.59 Å². The van der Waals surface area contributed by atoms with Gasteiger partial charge in [-0.1, -0.05) is 48.5 Å². The van der Waals surface area contributed by atoms with Crippen molar-refractivity contribution in [2.24, 2.45) is 0 Å². The minimum atomic E-state index is -0.00938. The summed E-state index contributed by atoms with van der Waals surface area (Å²) < 4.78 is 5.91. The molecular formula is C25H31N3O3. The summed E-state index contributed by atoms with van der Waals surface area (Å²) in [5, 5.41) is 0. The maximum atomic E-state index is 12.7. The van der Waals surface area contributed by atoms with Gasteiger partial charge in [-0.05, 0) is 30.9 Å². The molecule has 2 aromatic carbocycles. The van der Waals surface area contributed by atoms with Crippen LogP contribution in [0.15, 0.2) is 54.6 Å². The lowest BCUT2D eigenvalue weighted by atomic mass is 10.1. The van der Waals surface area contributed by atoms with Crippen molar-refractivity contribution in [1.82, 2.24) is 14.7 Å². The summed E-state index contributed by atoms with van der Waals surface area (Å²) in [5.41, 5.74) is 2.05. The zero-order chi connectivity index (χ0) is 21.5. The number of likely N-dealkylation sites (tertiary alicyclic amines) is 1. The summed E-state index contributed by atoms with van der Waals surface area (Å²) in [4.78, 5) is 31.2. The first-order chi connectivity index (χ1) is 15.2. The Hall–Kier alpha value is -2.86. The van der Waals surface area contributed by atoms with Crippen molar-refractivity contribution >= 4 is 11.8 Å². The highest BCUT2D eigenvalue weighted by Crippen LogP contribution is 2.29. The number of nitrogens with zero attached hydrogens (tertiary/aromatic N) is 3. The Labute approximate surface area is 184 Å². The first-order valence-corrected chi connectivity index (χ1v) is 11.3. The van der Waals surface area contributed by atoms with E-state index in [0.717, 1.165) is 50.1 Å². The van der Waals surface area contributed by atoms with Crippen molar-refractivity contribution in [3.8, 4) is 16.9 Å². The lowest BCUT2D eigenvalue weighted by Gasteiger charge is -2.36. The topological polar surface area (TPSA) is 53.1 Å². The Morgan fingerprint density at radius 3 is 2.10 bits per heavy atom. The van der Waals surface area contributed by atoms with E-state index in [1.165, 1.54) is 6.42 Å². The van der Waals surface area contributed by atoms with Crippen molar-refractivity contribution in [3.63, 3.8) is 0 Å². The quantitative estimate of drug-likeness (QED) is 0.720. The molecule has 31 heavy (non-hydrogen) atoms. The molecule has 0 radical (unpaired) electrons. The number of hydrogen-bond donors (Lipinski definition) is 0. The van der Waals surface area contributed by atoms with Gasteiger partial charge < -0.3 is 14.5 Å². The molecule has 2 aliphatic heterocycles. The second-order valence-electron chi connectivity index (χ2n) is 8.25. The Bertz CT molecular complexity index is 873. The Kier molecular flexibility index (Phi) is 7.20. The van der Waals surface area contributed by atoms with Gasteiger partial charge in [-0.15, -0.1) is 0 Å².